The zero-order valence-corrected chi connectivity index (χ0v) is 7.28. The fourth-order valence-corrected chi connectivity index (χ4v) is 0.935. The molecule has 0 aromatic heterocycles. The molecule has 3 nitrogen and oxygen atoms in total. The van der Waals surface area contributed by atoms with Gasteiger partial charge in [-0.15, -0.1) is 0 Å². The SMILES string of the molecule is CC(=O)OCc1ccccc1C#N. The second kappa shape index (κ2) is 4.27. The molecule has 0 bridgehead atoms. The Morgan fingerprint density at radius 1 is 1.54 bits per heavy atom. The van der Waals surface area contributed by atoms with E-state index >= 15 is 0 Å². The van der Waals surface area contributed by atoms with Gasteiger partial charge in [-0.1, -0.05) is 18.2 Å². The zero-order valence-electron chi connectivity index (χ0n) is 7.28. The largest absolute Gasteiger partial charge is 0.461 e. The first-order valence-electron chi connectivity index (χ1n) is 3.85. The lowest BCUT2D eigenvalue weighted by molar-refractivity contribution is -0.142. The Balaban J connectivity index is 2.77. The van der Waals surface area contributed by atoms with Gasteiger partial charge in [0.15, 0.2) is 0 Å². The summed E-state index contributed by atoms with van der Waals surface area (Å²) in [5, 5.41) is 8.69. The Labute approximate surface area is 76.6 Å². The number of carbonyl (C=O) groups excluding carboxylic acids is 1. The molecular weight excluding hydrogens is 166 g/mol. The molecule has 0 aliphatic heterocycles. The van der Waals surface area contributed by atoms with Crippen molar-refractivity contribution in [2.24, 2.45) is 0 Å². The summed E-state index contributed by atoms with van der Waals surface area (Å²) >= 11 is 0. The average Bonchev–Trinajstić information content (AvgIpc) is 2.15. The highest BCUT2D eigenvalue weighted by Gasteiger charge is 2.01. The molecular formula is C10H9NO2. The maximum Gasteiger partial charge on any atom is 0.302 e. The highest BCUT2D eigenvalue weighted by molar-refractivity contribution is 5.66. The Bertz CT molecular complexity index is 352. The number of nitrogens with zero attached hydrogens (tertiary/aromatic N) is 1. The molecule has 0 aliphatic carbocycles. The van der Waals surface area contributed by atoms with Gasteiger partial charge >= 0.3 is 5.97 Å². The summed E-state index contributed by atoms with van der Waals surface area (Å²) < 4.78 is 4.78. The van der Waals surface area contributed by atoms with Crippen LogP contribution >= 0.6 is 0 Å². The summed E-state index contributed by atoms with van der Waals surface area (Å²) in [6, 6.07) is 9.07. The zero-order chi connectivity index (χ0) is 9.68. The molecule has 1 rings (SSSR count). The van der Waals surface area contributed by atoms with Crippen molar-refractivity contribution < 1.29 is 9.53 Å². The molecule has 3 heteroatoms. The number of benzene rings is 1. The standard InChI is InChI=1S/C10H9NO2/c1-8(12)13-7-10-5-3-2-4-9(10)6-11/h2-5H,7H2,1H3. The quantitative estimate of drug-likeness (QED) is 0.642. The van der Waals surface area contributed by atoms with Crippen LogP contribution in [-0.2, 0) is 16.1 Å². The van der Waals surface area contributed by atoms with Gasteiger partial charge in [0.2, 0.25) is 0 Å². The van der Waals surface area contributed by atoms with Gasteiger partial charge in [0, 0.05) is 12.5 Å². The first-order valence-corrected chi connectivity index (χ1v) is 3.85. The molecule has 0 unspecified atom stereocenters. The molecule has 0 amide bonds. The van der Waals surface area contributed by atoms with Crippen LogP contribution in [0.15, 0.2) is 24.3 Å². The van der Waals surface area contributed by atoms with Crippen molar-refractivity contribution in [1.82, 2.24) is 0 Å². The van der Waals surface area contributed by atoms with Gasteiger partial charge in [0.1, 0.15) is 6.61 Å². The molecule has 1 aromatic rings. The first-order chi connectivity index (χ1) is 6.24. The van der Waals surface area contributed by atoms with E-state index in [4.69, 9.17) is 10.00 Å². The van der Waals surface area contributed by atoms with Crippen LogP contribution in [0.1, 0.15) is 18.1 Å². The lowest BCUT2D eigenvalue weighted by Gasteiger charge is -2.02. The lowest BCUT2D eigenvalue weighted by Crippen LogP contribution is -2.00. The maximum absolute atomic E-state index is 10.5. The normalized spacial score (nSPS) is 8.92. The van der Waals surface area contributed by atoms with Crippen LogP contribution in [0.4, 0.5) is 0 Å². The van der Waals surface area contributed by atoms with Crippen molar-refractivity contribution in [3.63, 3.8) is 0 Å². The van der Waals surface area contributed by atoms with Crippen LogP contribution in [0.5, 0.6) is 0 Å². The summed E-state index contributed by atoms with van der Waals surface area (Å²) in [7, 11) is 0. The fourth-order valence-electron chi connectivity index (χ4n) is 0.935. The van der Waals surface area contributed by atoms with Crippen LogP contribution in [0.3, 0.4) is 0 Å². The highest BCUT2D eigenvalue weighted by atomic mass is 16.5. The third kappa shape index (κ3) is 2.60. The number of nitriles is 1. The van der Waals surface area contributed by atoms with Gasteiger partial charge in [-0.3, -0.25) is 4.79 Å². The minimum Gasteiger partial charge on any atom is -0.461 e. The minimum atomic E-state index is -0.340. The molecule has 13 heavy (non-hydrogen) atoms. The van der Waals surface area contributed by atoms with Crippen molar-refractivity contribution in [2.45, 2.75) is 13.5 Å². The Kier molecular flexibility index (Phi) is 3.04. The van der Waals surface area contributed by atoms with Crippen molar-refractivity contribution >= 4 is 5.97 Å². The molecule has 1 aromatic carbocycles. The number of rotatable bonds is 2. The van der Waals surface area contributed by atoms with Crippen LogP contribution in [0, 0.1) is 11.3 Å². The summed E-state index contributed by atoms with van der Waals surface area (Å²) in [4.78, 5) is 10.5. The lowest BCUT2D eigenvalue weighted by atomic mass is 10.1. The van der Waals surface area contributed by atoms with Crippen LogP contribution in [0.25, 0.3) is 0 Å². The van der Waals surface area contributed by atoms with E-state index in [1.165, 1.54) is 6.92 Å². The molecule has 0 atom stereocenters. The van der Waals surface area contributed by atoms with Gasteiger partial charge in [-0.2, -0.15) is 5.26 Å². The molecule has 0 radical (unpaired) electrons. The Morgan fingerprint density at radius 2 is 2.23 bits per heavy atom. The molecule has 0 saturated heterocycles. The van der Waals surface area contributed by atoms with E-state index < -0.39 is 0 Å². The van der Waals surface area contributed by atoms with E-state index in [1.54, 1.807) is 24.3 Å². The predicted octanol–water partition coefficient (Wildman–Crippen LogP) is 1.62. The number of hydrogen-bond donors (Lipinski definition) is 0. The Morgan fingerprint density at radius 3 is 2.85 bits per heavy atom. The fraction of sp³-hybridized carbons (Fsp3) is 0.200. The Hall–Kier alpha value is -1.82. The van der Waals surface area contributed by atoms with Crippen LogP contribution in [0.2, 0.25) is 0 Å². The van der Waals surface area contributed by atoms with E-state index in [0.717, 1.165) is 5.56 Å². The van der Waals surface area contributed by atoms with Crippen molar-refractivity contribution in [3.8, 4) is 6.07 Å². The van der Waals surface area contributed by atoms with Crippen molar-refractivity contribution in [3.05, 3.63) is 35.4 Å². The monoisotopic (exact) mass is 175 g/mol. The molecule has 0 aliphatic rings. The number of esters is 1. The smallest absolute Gasteiger partial charge is 0.302 e. The van der Waals surface area contributed by atoms with E-state index in [2.05, 4.69) is 0 Å². The van der Waals surface area contributed by atoms with Gasteiger partial charge < -0.3 is 4.74 Å². The molecule has 0 heterocycles. The first kappa shape index (κ1) is 9.27. The minimum absolute atomic E-state index is 0.166. The van der Waals surface area contributed by atoms with Gasteiger partial charge in [0.25, 0.3) is 0 Å². The van der Waals surface area contributed by atoms with E-state index in [0.29, 0.717) is 5.56 Å². The molecule has 66 valence electrons. The summed E-state index contributed by atoms with van der Waals surface area (Å²) in [6.07, 6.45) is 0. The number of hydrogen-bond acceptors (Lipinski definition) is 3. The number of ether oxygens (including phenoxy) is 1. The van der Waals surface area contributed by atoms with Gasteiger partial charge in [-0.05, 0) is 6.07 Å². The molecule has 0 spiro atoms. The third-order valence-corrected chi connectivity index (χ3v) is 1.57. The second-order valence-corrected chi connectivity index (χ2v) is 2.55. The van der Waals surface area contributed by atoms with E-state index in [-0.39, 0.29) is 12.6 Å². The van der Waals surface area contributed by atoms with Gasteiger partial charge in [0.05, 0.1) is 11.6 Å². The van der Waals surface area contributed by atoms with E-state index in [9.17, 15) is 4.79 Å². The summed E-state index contributed by atoms with van der Waals surface area (Å²) in [5.74, 6) is -0.340. The van der Waals surface area contributed by atoms with Crippen LogP contribution in [-0.4, -0.2) is 5.97 Å². The highest BCUT2D eigenvalue weighted by Crippen LogP contribution is 2.08. The maximum atomic E-state index is 10.5. The second-order valence-electron chi connectivity index (χ2n) is 2.55. The summed E-state index contributed by atoms with van der Waals surface area (Å²) in [5.41, 5.74) is 1.28. The number of carbonyl (C=O) groups is 1. The summed E-state index contributed by atoms with van der Waals surface area (Å²) in [6.45, 7) is 1.51. The van der Waals surface area contributed by atoms with Crippen molar-refractivity contribution in [1.29, 1.82) is 5.26 Å². The molecule has 0 fully saturated rings. The predicted molar refractivity (Wildman–Crippen MR) is 46.6 cm³/mol. The molecule has 0 N–H and O–H groups in total. The van der Waals surface area contributed by atoms with Gasteiger partial charge in [-0.25, -0.2) is 0 Å². The average molecular weight is 175 g/mol. The van der Waals surface area contributed by atoms with Crippen LogP contribution < -0.4 is 0 Å². The topological polar surface area (TPSA) is 50.1 Å². The molecule has 0 saturated carbocycles. The van der Waals surface area contributed by atoms with Crippen molar-refractivity contribution in [2.75, 3.05) is 0 Å². The third-order valence-electron chi connectivity index (χ3n) is 1.57. The van der Waals surface area contributed by atoms with E-state index in [1.807, 2.05) is 6.07 Å².